The molecular weight excluding hydrogens is 354 g/mol. The van der Waals surface area contributed by atoms with Crippen molar-refractivity contribution in [2.45, 2.75) is 56.9 Å². The lowest BCUT2D eigenvalue weighted by molar-refractivity contribution is -0.135. The fourth-order valence-electron chi connectivity index (χ4n) is 4.86. The van der Waals surface area contributed by atoms with Gasteiger partial charge in [0.15, 0.2) is 0 Å². The molecule has 28 heavy (non-hydrogen) atoms. The van der Waals surface area contributed by atoms with Gasteiger partial charge in [-0.15, -0.1) is 0 Å². The maximum Gasteiger partial charge on any atom is 0.322 e. The number of carbonyl (C=O) groups excluding carboxylic acids is 3. The Morgan fingerprint density at radius 3 is 2.64 bits per heavy atom. The van der Waals surface area contributed by atoms with Crippen molar-refractivity contribution in [2.75, 3.05) is 12.4 Å². The van der Waals surface area contributed by atoms with Crippen LogP contribution >= 0.6 is 0 Å². The van der Waals surface area contributed by atoms with Gasteiger partial charge >= 0.3 is 6.03 Å². The quantitative estimate of drug-likeness (QED) is 0.769. The molecule has 6 nitrogen and oxygen atoms in total. The summed E-state index contributed by atoms with van der Waals surface area (Å²) in [6.45, 7) is 4.03. The fourth-order valence-corrected chi connectivity index (χ4v) is 4.86. The Kier molecular flexibility index (Phi) is 4.73. The number of nitrogens with one attached hydrogen (secondary N) is 2. The number of benzene rings is 1. The number of hydrogen-bond donors (Lipinski definition) is 2. The first-order valence-corrected chi connectivity index (χ1v) is 10.1. The molecule has 0 aromatic heterocycles. The van der Waals surface area contributed by atoms with Gasteiger partial charge in [0.25, 0.3) is 5.91 Å². The molecule has 6 heteroatoms. The molecule has 1 aliphatic heterocycles. The van der Waals surface area contributed by atoms with Crippen LogP contribution in [0.5, 0.6) is 0 Å². The molecule has 2 fully saturated rings. The third-order valence-electron chi connectivity index (χ3n) is 6.70. The molecule has 4 rings (SSSR count). The van der Waals surface area contributed by atoms with Gasteiger partial charge in [-0.3, -0.25) is 9.59 Å². The summed E-state index contributed by atoms with van der Waals surface area (Å²) in [5.74, 6) is -0.284. The first-order valence-electron chi connectivity index (χ1n) is 10.1. The van der Waals surface area contributed by atoms with Crippen LogP contribution < -0.4 is 10.6 Å². The summed E-state index contributed by atoms with van der Waals surface area (Å²) >= 11 is 0. The molecule has 1 heterocycles. The number of nitrogens with zero attached hydrogens (tertiary/aromatic N) is 1. The zero-order valence-electron chi connectivity index (χ0n) is 16.3. The van der Waals surface area contributed by atoms with E-state index in [9.17, 15) is 14.4 Å². The predicted octanol–water partition coefficient (Wildman–Crippen LogP) is 3.17. The van der Waals surface area contributed by atoms with Crippen LogP contribution in [-0.2, 0) is 22.4 Å². The predicted molar refractivity (Wildman–Crippen MR) is 107 cm³/mol. The van der Waals surface area contributed by atoms with Crippen molar-refractivity contribution in [2.24, 2.45) is 5.92 Å². The third kappa shape index (κ3) is 3.21. The Labute approximate surface area is 165 Å². The molecule has 0 bridgehead atoms. The molecule has 2 N–H and O–H groups in total. The van der Waals surface area contributed by atoms with E-state index in [4.69, 9.17) is 0 Å². The maximum atomic E-state index is 12.3. The lowest BCUT2D eigenvalue weighted by Gasteiger charge is -2.30. The number of Topliss-reactive ketones (excluding diaryl/α,β-unsaturated/α-hetero) is 1. The van der Waals surface area contributed by atoms with Gasteiger partial charge in [0, 0.05) is 37.7 Å². The SMILES string of the molecule is C=C1NC(=O)N(C)C12Cc1ccc(NC(=O)C(=O)CCC3CCCC3)cc1C2. The molecule has 1 saturated heterocycles. The number of fused-ring (bicyclic) bond motifs is 1. The highest BCUT2D eigenvalue weighted by atomic mass is 16.2. The van der Waals surface area contributed by atoms with Crippen molar-refractivity contribution in [3.63, 3.8) is 0 Å². The highest BCUT2D eigenvalue weighted by Gasteiger charge is 2.50. The van der Waals surface area contributed by atoms with Gasteiger partial charge in [-0.1, -0.05) is 38.3 Å². The number of urea groups is 1. The monoisotopic (exact) mass is 381 g/mol. The second-order valence-electron chi connectivity index (χ2n) is 8.40. The molecule has 1 spiro atoms. The molecule has 1 saturated carbocycles. The number of ketones is 1. The normalized spacial score (nSPS) is 24.0. The topological polar surface area (TPSA) is 78.5 Å². The van der Waals surface area contributed by atoms with Crippen molar-refractivity contribution in [3.05, 3.63) is 41.6 Å². The summed E-state index contributed by atoms with van der Waals surface area (Å²) in [5.41, 5.74) is 3.10. The second kappa shape index (κ2) is 7.08. The Hall–Kier alpha value is -2.63. The first kappa shape index (κ1) is 18.7. The van der Waals surface area contributed by atoms with Crippen LogP contribution in [0, 0.1) is 5.92 Å². The van der Waals surface area contributed by atoms with Crippen LogP contribution in [0.2, 0.25) is 0 Å². The van der Waals surface area contributed by atoms with Crippen molar-refractivity contribution >= 4 is 23.4 Å². The minimum absolute atomic E-state index is 0.140. The van der Waals surface area contributed by atoms with Crippen LogP contribution in [0.25, 0.3) is 0 Å². The number of carbonyl (C=O) groups is 3. The van der Waals surface area contributed by atoms with Gasteiger partial charge in [0.2, 0.25) is 5.78 Å². The fraction of sp³-hybridized carbons (Fsp3) is 0.500. The molecule has 1 aromatic rings. The summed E-state index contributed by atoms with van der Waals surface area (Å²) < 4.78 is 0. The second-order valence-corrected chi connectivity index (χ2v) is 8.40. The van der Waals surface area contributed by atoms with E-state index < -0.39 is 11.4 Å². The van der Waals surface area contributed by atoms with Crippen molar-refractivity contribution < 1.29 is 14.4 Å². The summed E-state index contributed by atoms with van der Waals surface area (Å²) in [6, 6.07) is 5.56. The molecule has 1 unspecified atom stereocenters. The average molecular weight is 381 g/mol. The molecule has 3 aliphatic rings. The maximum absolute atomic E-state index is 12.3. The average Bonchev–Trinajstić information content (AvgIpc) is 3.36. The third-order valence-corrected chi connectivity index (χ3v) is 6.70. The van der Waals surface area contributed by atoms with Crippen molar-refractivity contribution in [1.82, 2.24) is 10.2 Å². The highest BCUT2D eigenvalue weighted by molar-refractivity contribution is 6.40. The standard InChI is InChI=1S/C22H27N3O3/c1-14-22(25(2)21(28)23-14)12-16-8-9-18(11-17(16)13-22)24-20(27)19(26)10-7-15-5-3-4-6-15/h8-9,11,15H,1,3-7,10,12-13H2,2H3,(H,23,28)(H,24,27). The van der Waals surface area contributed by atoms with E-state index in [0.717, 1.165) is 17.5 Å². The molecule has 2 aliphatic carbocycles. The molecule has 0 radical (unpaired) electrons. The molecule has 1 aromatic carbocycles. The molecule has 1 atom stereocenters. The smallest absolute Gasteiger partial charge is 0.319 e. The number of hydrogen-bond acceptors (Lipinski definition) is 3. The van der Waals surface area contributed by atoms with E-state index in [1.807, 2.05) is 18.2 Å². The molecule has 3 amide bonds. The van der Waals surface area contributed by atoms with E-state index in [0.29, 0.717) is 36.6 Å². The summed E-state index contributed by atoms with van der Waals surface area (Å²) in [5, 5.41) is 5.56. The van der Waals surface area contributed by atoms with Gasteiger partial charge in [-0.2, -0.15) is 0 Å². The van der Waals surface area contributed by atoms with E-state index in [1.165, 1.54) is 25.7 Å². The molecule has 148 valence electrons. The number of rotatable bonds is 5. The number of anilines is 1. The Balaban J connectivity index is 1.40. The highest BCUT2D eigenvalue weighted by Crippen LogP contribution is 2.41. The number of amides is 3. The molecular formula is C22H27N3O3. The van der Waals surface area contributed by atoms with Crippen molar-refractivity contribution in [3.8, 4) is 0 Å². The zero-order chi connectivity index (χ0) is 19.9. The van der Waals surface area contributed by atoms with Crippen LogP contribution in [0.15, 0.2) is 30.5 Å². The van der Waals surface area contributed by atoms with E-state index in [1.54, 1.807) is 11.9 Å². The van der Waals surface area contributed by atoms with Crippen molar-refractivity contribution in [1.29, 1.82) is 0 Å². The largest absolute Gasteiger partial charge is 0.322 e. The Morgan fingerprint density at radius 2 is 1.96 bits per heavy atom. The van der Waals surface area contributed by atoms with Gasteiger partial charge in [-0.05, 0) is 35.6 Å². The Morgan fingerprint density at radius 1 is 1.25 bits per heavy atom. The van der Waals surface area contributed by atoms with Crippen LogP contribution in [0.1, 0.15) is 49.7 Å². The van der Waals surface area contributed by atoms with Gasteiger partial charge in [0.05, 0.1) is 5.54 Å². The number of likely N-dealkylation sites (N-methyl/N-ethyl adjacent to an activating group) is 1. The summed E-state index contributed by atoms with van der Waals surface area (Å²) in [7, 11) is 1.78. The first-order chi connectivity index (χ1) is 13.4. The lowest BCUT2D eigenvalue weighted by atomic mass is 9.92. The lowest BCUT2D eigenvalue weighted by Crippen LogP contribution is -2.44. The van der Waals surface area contributed by atoms with E-state index in [2.05, 4.69) is 17.2 Å². The summed E-state index contributed by atoms with van der Waals surface area (Å²) in [6.07, 6.45) is 7.32. The zero-order valence-corrected chi connectivity index (χ0v) is 16.3. The van der Waals surface area contributed by atoms with E-state index in [-0.39, 0.29) is 11.8 Å². The van der Waals surface area contributed by atoms with Crippen LogP contribution in [0.4, 0.5) is 10.5 Å². The van der Waals surface area contributed by atoms with Gasteiger partial charge < -0.3 is 15.5 Å². The summed E-state index contributed by atoms with van der Waals surface area (Å²) in [4.78, 5) is 38.2. The van der Waals surface area contributed by atoms with Gasteiger partial charge in [0.1, 0.15) is 0 Å². The Bertz CT molecular complexity index is 857. The van der Waals surface area contributed by atoms with E-state index >= 15 is 0 Å². The minimum Gasteiger partial charge on any atom is -0.319 e. The minimum atomic E-state index is -0.537. The van der Waals surface area contributed by atoms with Crippen LogP contribution in [0.3, 0.4) is 0 Å². The van der Waals surface area contributed by atoms with Gasteiger partial charge in [-0.25, -0.2) is 4.79 Å². The van der Waals surface area contributed by atoms with Crippen LogP contribution in [-0.4, -0.2) is 35.2 Å².